The van der Waals surface area contributed by atoms with E-state index in [9.17, 15) is 5.11 Å². The lowest BCUT2D eigenvalue weighted by atomic mass is 9.85. The summed E-state index contributed by atoms with van der Waals surface area (Å²) in [5.74, 6) is 0. The van der Waals surface area contributed by atoms with Crippen molar-refractivity contribution in [3.63, 3.8) is 0 Å². The maximum atomic E-state index is 11.1. The van der Waals surface area contributed by atoms with Crippen molar-refractivity contribution in [2.45, 2.75) is 38.2 Å². The Kier molecular flexibility index (Phi) is 4.60. The fourth-order valence-corrected chi connectivity index (χ4v) is 3.22. The third-order valence-corrected chi connectivity index (χ3v) is 4.59. The number of para-hydroxylation sites is 1. The van der Waals surface area contributed by atoms with E-state index in [2.05, 4.69) is 19.1 Å². The van der Waals surface area contributed by atoms with Crippen LogP contribution >= 0.6 is 0 Å². The Balaban J connectivity index is 2.13. The van der Waals surface area contributed by atoms with E-state index in [1.165, 1.54) is 0 Å². The molecule has 0 saturated carbocycles. The number of nitrogens with zero attached hydrogens (tertiary/aromatic N) is 1. The SMILES string of the molecule is CCCCCC(O)(CN)c1cccc2nc3ccccc3cc12. The van der Waals surface area contributed by atoms with Crippen LogP contribution in [0, 0.1) is 0 Å². The third-order valence-electron chi connectivity index (χ3n) is 4.59. The second-order valence-corrected chi connectivity index (χ2v) is 6.25. The molecule has 0 amide bonds. The molecule has 3 N–H and O–H groups in total. The van der Waals surface area contributed by atoms with Crippen molar-refractivity contribution in [2.75, 3.05) is 6.54 Å². The minimum Gasteiger partial charge on any atom is -0.384 e. The Morgan fingerprint density at radius 3 is 2.61 bits per heavy atom. The van der Waals surface area contributed by atoms with Crippen molar-refractivity contribution < 1.29 is 5.11 Å². The molecule has 1 aromatic heterocycles. The van der Waals surface area contributed by atoms with Crippen LogP contribution in [-0.4, -0.2) is 16.6 Å². The van der Waals surface area contributed by atoms with E-state index in [0.717, 1.165) is 46.6 Å². The normalized spacial score (nSPS) is 14.2. The monoisotopic (exact) mass is 308 g/mol. The number of pyridine rings is 1. The lowest BCUT2D eigenvalue weighted by Gasteiger charge is -2.28. The molecule has 23 heavy (non-hydrogen) atoms. The lowest BCUT2D eigenvalue weighted by molar-refractivity contribution is 0.0355. The van der Waals surface area contributed by atoms with Gasteiger partial charge in [0.05, 0.1) is 11.0 Å². The molecule has 3 heteroatoms. The summed E-state index contributed by atoms with van der Waals surface area (Å²) in [4.78, 5) is 4.73. The first-order valence-electron chi connectivity index (χ1n) is 8.39. The van der Waals surface area contributed by atoms with Crippen LogP contribution in [0.1, 0.15) is 38.2 Å². The fraction of sp³-hybridized carbons (Fsp3) is 0.350. The van der Waals surface area contributed by atoms with Crippen LogP contribution in [0.4, 0.5) is 0 Å². The molecule has 0 aliphatic carbocycles. The molecule has 2 aromatic carbocycles. The number of aliphatic hydroxyl groups is 1. The van der Waals surface area contributed by atoms with Gasteiger partial charge in [-0.2, -0.15) is 0 Å². The third kappa shape index (κ3) is 3.07. The highest BCUT2D eigenvalue weighted by molar-refractivity contribution is 5.94. The number of aromatic nitrogens is 1. The van der Waals surface area contributed by atoms with Crippen LogP contribution in [0.3, 0.4) is 0 Å². The summed E-state index contributed by atoms with van der Waals surface area (Å²) in [7, 11) is 0. The molecule has 1 heterocycles. The predicted molar refractivity (Wildman–Crippen MR) is 96.3 cm³/mol. The number of unbranched alkanes of at least 4 members (excludes halogenated alkanes) is 2. The molecule has 1 atom stereocenters. The number of fused-ring (bicyclic) bond motifs is 2. The lowest BCUT2D eigenvalue weighted by Crippen LogP contribution is -2.35. The number of hydrogen-bond donors (Lipinski definition) is 2. The van der Waals surface area contributed by atoms with E-state index >= 15 is 0 Å². The molecular weight excluding hydrogens is 284 g/mol. The van der Waals surface area contributed by atoms with E-state index in [1.54, 1.807) is 0 Å². The van der Waals surface area contributed by atoms with Crippen molar-refractivity contribution in [1.29, 1.82) is 0 Å². The highest BCUT2D eigenvalue weighted by atomic mass is 16.3. The maximum absolute atomic E-state index is 11.1. The molecule has 3 rings (SSSR count). The molecule has 120 valence electrons. The van der Waals surface area contributed by atoms with Crippen LogP contribution in [0.2, 0.25) is 0 Å². The standard InChI is InChI=1S/C20H24N2O/c1-2-3-6-12-20(23,14-21)17-9-7-11-19-16(17)13-15-8-4-5-10-18(15)22-19/h4-5,7-11,13,23H,2-3,6,12,14,21H2,1H3. The average molecular weight is 308 g/mol. The first kappa shape index (κ1) is 15.9. The van der Waals surface area contributed by atoms with Crippen LogP contribution in [-0.2, 0) is 5.60 Å². The van der Waals surface area contributed by atoms with E-state index in [0.29, 0.717) is 6.42 Å². The van der Waals surface area contributed by atoms with E-state index < -0.39 is 5.60 Å². The van der Waals surface area contributed by atoms with Gasteiger partial charge in [0.2, 0.25) is 0 Å². The molecule has 0 aliphatic heterocycles. The van der Waals surface area contributed by atoms with Crippen molar-refractivity contribution in [1.82, 2.24) is 4.98 Å². The highest BCUT2D eigenvalue weighted by Crippen LogP contribution is 2.33. The number of nitrogens with two attached hydrogens (primary N) is 1. The van der Waals surface area contributed by atoms with E-state index in [4.69, 9.17) is 10.7 Å². The van der Waals surface area contributed by atoms with Crippen LogP contribution in [0.15, 0.2) is 48.5 Å². The number of rotatable bonds is 6. The quantitative estimate of drug-likeness (QED) is 0.532. The van der Waals surface area contributed by atoms with Gasteiger partial charge in [-0.3, -0.25) is 0 Å². The molecular formula is C20H24N2O. The molecule has 0 spiro atoms. The van der Waals surface area contributed by atoms with Crippen LogP contribution in [0.5, 0.6) is 0 Å². The first-order chi connectivity index (χ1) is 11.2. The summed E-state index contributed by atoms with van der Waals surface area (Å²) in [6.07, 6.45) is 3.89. The zero-order valence-corrected chi connectivity index (χ0v) is 13.6. The van der Waals surface area contributed by atoms with Gasteiger partial charge in [-0.1, -0.05) is 56.5 Å². The molecule has 1 unspecified atom stereocenters. The minimum atomic E-state index is -0.987. The van der Waals surface area contributed by atoms with Gasteiger partial charge >= 0.3 is 0 Å². The van der Waals surface area contributed by atoms with Crippen molar-refractivity contribution in [3.8, 4) is 0 Å². The fourth-order valence-electron chi connectivity index (χ4n) is 3.22. The zero-order chi connectivity index (χ0) is 16.3. The summed E-state index contributed by atoms with van der Waals surface area (Å²) in [6.45, 7) is 2.39. The van der Waals surface area contributed by atoms with Gasteiger partial charge in [-0.05, 0) is 30.2 Å². The molecule has 3 nitrogen and oxygen atoms in total. The first-order valence-corrected chi connectivity index (χ1v) is 8.39. The highest BCUT2D eigenvalue weighted by Gasteiger charge is 2.29. The van der Waals surface area contributed by atoms with E-state index in [1.807, 2.05) is 36.4 Å². The Bertz CT molecular complexity index is 815. The van der Waals surface area contributed by atoms with Crippen molar-refractivity contribution >= 4 is 21.8 Å². The largest absolute Gasteiger partial charge is 0.384 e. The van der Waals surface area contributed by atoms with Crippen molar-refractivity contribution in [2.24, 2.45) is 5.73 Å². The van der Waals surface area contributed by atoms with Crippen LogP contribution in [0.25, 0.3) is 21.8 Å². The van der Waals surface area contributed by atoms with Gasteiger partial charge in [0.25, 0.3) is 0 Å². The Labute approximate surface area is 137 Å². The van der Waals surface area contributed by atoms with Gasteiger partial charge in [-0.15, -0.1) is 0 Å². The number of hydrogen-bond acceptors (Lipinski definition) is 3. The van der Waals surface area contributed by atoms with Gasteiger partial charge in [-0.25, -0.2) is 4.98 Å². The zero-order valence-electron chi connectivity index (χ0n) is 13.6. The number of benzene rings is 2. The van der Waals surface area contributed by atoms with Gasteiger partial charge < -0.3 is 10.8 Å². The minimum absolute atomic E-state index is 0.225. The molecule has 0 aliphatic rings. The average Bonchev–Trinajstić information content (AvgIpc) is 2.59. The molecule has 3 aromatic rings. The summed E-state index contributed by atoms with van der Waals surface area (Å²) in [6, 6.07) is 16.1. The Morgan fingerprint density at radius 1 is 1.04 bits per heavy atom. The summed E-state index contributed by atoms with van der Waals surface area (Å²) in [5, 5.41) is 13.2. The molecule has 0 saturated heterocycles. The van der Waals surface area contributed by atoms with Crippen molar-refractivity contribution in [3.05, 3.63) is 54.1 Å². The molecule has 0 fully saturated rings. The van der Waals surface area contributed by atoms with Gasteiger partial charge in [0.15, 0.2) is 0 Å². The predicted octanol–water partition coefficient (Wildman–Crippen LogP) is 4.11. The van der Waals surface area contributed by atoms with E-state index in [-0.39, 0.29) is 6.54 Å². The van der Waals surface area contributed by atoms with Gasteiger partial charge in [0, 0.05) is 17.3 Å². The Morgan fingerprint density at radius 2 is 1.83 bits per heavy atom. The molecule has 0 radical (unpaired) electrons. The maximum Gasteiger partial charge on any atom is 0.102 e. The second-order valence-electron chi connectivity index (χ2n) is 6.25. The van der Waals surface area contributed by atoms with Gasteiger partial charge in [0.1, 0.15) is 5.60 Å². The molecule has 0 bridgehead atoms. The van der Waals surface area contributed by atoms with Crippen LogP contribution < -0.4 is 5.73 Å². The Hall–Kier alpha value is -1.97. The topological polar surface area (TPSA) is 59.1 Å². The summed E-state index contributed by atoms with van der Waals surface area (Å²) >= 11 is 0. The summed E-state index contributed by atoms with van der Waals surface area (Å²) < 4.78 is 0. The summed E-state index contributed by atoms with van der Waals surface area (Å²) in [5.41, 5.74) is 7.74. The second kappa shape index (κ2) is 6.65. The smallest absolute Gasteiger partial charge is 0.102 e.